The van der Waals surface area contributed by atoms with Crippen molar-refractivity contribution in [2.24, 2.45) is 0 Å². The van der Waals surface area contributed by atoms with Gasteiger partial charge in [0.2, 0.25) is 5.91 Å². The molecule has 158 valence electrons. The van der Waals surface area contributed by atoms with Crippen LogP contribution in [0.5, 0.6) is 0 Å². The van der Waals surface area contributed by atoms with E-state index in [4.69, 9.17) is 0 Å². The lowest BCUT2D eigenvalue weighted by Crippen LogP contribution is -2.44. The summed E-state index contributed by atoms with van der Waals surface area (Å²) in [6.07, 6.45) is 7.88. The molecular formula is C24H26N6O. The molecule has 31 heavy (non-hydrogen) atoms. The van der Waals surface area contributed by atoms with E-state index in [1.165, 1.54) is 19.3 Å². The summed E-state index contributed by atoms with van der Waals surface area (Å²) < 4.78 is 1.79. The first-order chi connectivity index (χ1) is 15.3. The second kappa shape index (κ2) is 8.71. The minimum atomic E-state index is -0.140. The minimum absolute atomic E-state index is 0.00134. The monoisotopic (exact) mass is 414 g/mol. The second-order valence-electron chi connectivity index (χ2n) is 8.19. The molecule has 0 radical (unpaired) electrons. The largest absolute Gasteiger partial charge is 0.352 e. The summed E-state index contributed by atoms with van der Waals surface area (Å²) in [6.45, 7) is 0.180. The van der Waals surface area contributed by atoms with Gasteiger partial charge >= 0.3 is 0 Å². The van der Waals surface area contributed by atoms with E-state index in [-0.39, 0.29) is 24.5 Å². The van der Waals surface area contributed by atoms with Gasteiger partial charge in [0.15, 0.2) is 0 Å². The zero-order chi connectivity index (χ0) is 21.0. The van der Waals surface area contributed by atoms with E-state index in [0.29, 0.717) is 5.95 Å². The maximum atomic E-state index is 13.0. The summed E-state index contributed by atoms with van der Waals surface area (Å²) in [5.41, 5.74) is 3.06. The molecule has 0 saturated heterocycles. The molecule has 1 aliphatic heterocycles. The molecule has 0 spiro atoms. The highest BCUT2D eigenvalue weighted by Gasteiger charge is 2.32. The molecule has 1 aromatic heterocycles. The zero-order valence-electron chi connectivity index (χ0n) is 17.4. The molecule has 7 nitrogen and oxygen atoms in total. The van der Waals surface area contributed by atoms with Crippen LogP contribution in [0.25, 0.3) is 5.70 Å². The number of tetrazole rings is 1. The second-order valence-corrected chi connectivity index (χ2v) is 8.19. The van der Waals surface area contributed by atoms with Crippen molar-refractivity contribution in [1.29, 1.82) is 0 Å². The fraction of sp³-hybridized carbons (Fsp3) is 0.333. The summed E-state index contributed by atoms with van der Waals surface area (Å²) in [7, 11) is 0. The number of fused-ring (bicyclic) bond motifs is 1. The fourth-order valence-corrected chi connectivity index (χ4v) is 4.53. The molecule has 3 aromatic rings. The third kappa shape index (κ3) is 4.08. The smallest absolute Gasteiger partial charge is 0.251 e. The van der Waals surface area contributed by atoms with Crippen LogP contribution < -0.4 is 10.2 Å². The summed E-state index contributed by atoms with van der Waals surface area (Å²) in [5.74, 6) is 0.579. The van der Waals surface area contributed by atoms with Crippen molar-refractivity contribution in [1.82, 2.24) is 25.5 Å². The third-order valence-electron chi connectivity index (χ3n) is 6.07. The van der Waals surface area contributed by atoms with Crippen LogP contribution in [0.15, 0.2) is 66.7 Å². The number of aromatic nitrogens is 4. The third-order valence-corrected chi connectivity index (χ3v) is 6.07. The maximum absolute atomic E-state index is 13.0. The number of nitrogens with one attached hydrogen (secondary N) is 1. The Hall–Kier alpha value is -3.48. The molecule has 2 heterocycles. The van der Waals surface area contributed by atoms with Crippen molar-refractivity contribution >= 4 is 17.6 Å². The number of amides is 1. The highest BCUT2D eigenvalue weighted by molar-refractivity contribution is 5.89. The van der Waals surface area contributed by atoms with Crippen LogP contribution in [0.2, 0.25) is 0 Å². The zero-order valence-corrected chi connectivity index (χ0v) is 17.4. The van der Waals surface area contributed by atoms with Crippen LogP contribution in [-0.4, -0.2) is 38.7 Å². The highest BCUT2D eigenvalue weighted by atomic mass is 16.2. The Kier molecular flexibility index (Phi) is 5.48. The molecule has 1 fully saturated rings. The van der Waals surface area contributed by atoms with E-state index in [9.17, 15) is 4.79 Å². The Morgan fingerprint density at radius 3 is 2.42 bits per heavy atom. The van der Waals surface area contributed by atoms with Crippen LogP contribution >= 0.6 is 0 Å². The van der Waals surface area contributed by atoms with Gasteiger partial charge < -0.3 is 5.32 Å². The predicted octanol–water partition coefficient (Wildman–Crippen LogP) is 3.57. The van der Waals surface area contributed by atoms with E-state index >= 15 is 0 Å². The molecule has 1 aliphatic carbocycles. The van der Waals surface area contributed by atoms with E-state index < -0.39 is 0 Å². The number of carbonyl (C=O) groups is 1. The predicted molar refractivity (Wildman–Crippen MR) is 119 cm³/mol. The van der Waals surface area contributed by atoms with Crippen molar-refractivity contribution in [3.63, 3.8) is 0 Å². The quantitative estimate of drug-likeness (QED) is 0.691. The lowest BCUT2D eigenvalue weighted by Gasteiger charge is -2.33. The van der Waals surface area contributed by atoms with Crippen LogP contribution in [0.1, 0.15) is 49.3 Å². The van der Waals surface area contributed by atoms with Crippen molar-refractivity contribution in [3.05, 3.63) is 77.9 Å². The van der Waals surface area contributed by atoms with E-state index in [0.717, 1.165) is 29.7 Å². The number of anilines is 1. The average molecular weight is 415 g/mol. The molecular weight excluding hydrogens is 388 g/mol. The summed E-state index contributed by atoms with van der Waals surface area (Å²) in [5, 5.41) is 15.7. The number of rotatable bonds is 5. The molecule has 1 N–H and O–H groups in total. The normalized spacial score (nSPS) is 18.9. The lowest BCUT2D eigenvalue weighted by molar-refractivity contribution is -0.120. The highest BCUT2D eigenvalue weighted by Crippen LogP contribution is 2.35. The molecule has 1 saturated carbocycles. The Morgan fingerprint density at radius 1 is 0.968 bits per heavy atom. The van der Waals surface area contributed by atoms with Gasteiger partial charge in [0.1, 0.15) is 12.6 Å². The van der Waals surface area contributed by atoms with Gasteiger partial charge in [-0.1, -0.05) is 85.0 Å². The molecule has 1 atom stereocenters. The molecule has 2 aromatic carbocycles. The van der Waals surface area contributed by atoms with Crippen LogP contribution in [0.4, 0.5) is 5.95 Å². The van der Waals surface area contributed by atoms with Crippen LogP contribution in [0.3, 0.4) is 0 Å². The first-order valence-electron chi connectivity index (χ1n) is 11.0. The lowest BCUT2D eigenvalue weighted by atomic mass is 9.95. The van der Waals surface area contributed by atoms with Crippen molar-refractivity contribution in [2.75, 3.05) is 11.4 Å². The molecule has 7 heteroatoms. The van der Waals surface area contributed by atoms with Gasteiger partial charge in [-0.05, 0) is 40.5 Å². The average Bonchev–Trinajstić information content (AvgIpc) is 3.31. The van der Waals surface area contributed by atoms with Crippen molar-refractivity contribution in [2.45, 2.75) is 44.2 Å². The topological polar surface area (TPSA) is 75.9 Å². The van der Waals surface area contributed by atoms with Gasteiger partial charge in [0.25, 0.3) is 5.95 Å². The van der Waals surface area contributed by atoms with E-state index in [2.05, 4.69) is 51.2 Å². The Balaban J connectivity index is 1.49. The van der Waals surface area contributed by atoms with Gasteiger partial charge in [-0.2, -0.15) is 4.68 Å². The van der Waals surface area contributed by atoms with Crippen LogP contribution in [-0.2, 0) is 4.79 Å². The Morgan fingerprint density at radius 2 is 1.68 bits per heavy atom. The number of benzene rings is 2. The van der Waals surface area contributed by atoms with Crippen molar-refractivity contribution < 1.29 is 4.79 Å². The molecule has 0 bridgehead atoms. The maximum Gasteiger partial charge on any atom is 0.251 e. The summed E-state index contributed by atoms with van der Waals surface area (Å²) in [6, 6.07) is 20.4. The van der Waals surface area contributed by atoms with Gasteiger partial charge in [0.05, 0.1) is 5.70 Å². The number of allylic oxidation sites excluding steroid dienone is 1. The fourth-order valence-electron chi connectivity index (χ4n) is 4.53. The standard InChI is InChI=1S/C24H26N6O/c31-23(25-20-14-8-3-9-15-20)17-29-21(18-10-4-1-5-11-18)16-22(19-12-6-2-7-13-19)30-24(29)26-27-28-30/h1-2,4-7,10-13,16,20,22H,3,8-9,14-15,17H2,(H,25,31). The SMILES string of the molecule is O=C(CN1C(c2ccccc2)=CC(c2ccccc2)n2nnnc21)NC1CCCCC1. The molecule has 2 aliphatic rings. The number of hydrogen-bond acceptors (Lipinski definition) is 5. The van der Waals surface area contributed by atoms with Gasteiger partial charge in [-0.15, -0.1) is 0 Å². The van der Waals surface area contributed by atoms with Crippen molar-refractivity contribution in [3.8, 4) is 0 Å². The van der Waals surface area contributed by atoms with Gasteiger partial charge in [-0.25, -0.2) is 0 Å². The number of hydrogen-bond donors (Lipinski definition) is 1. The van der Waals surface area contributed by atoms with E-state index in [1.807, 2.05) is 41.3 Å². The first kappa shape index (κ1) is 19.5. The Bertz CT molecular complexity index is 1060. The Labute approximate surface area is 181 Å². The summed E-state index contributed by atoms with van der Waals surface area (Å²) >= 11 is 0. The molecule has 1 amide bonds. The molecule has 1 unspecified atom stereocenters. The van der Waals surface area contributed by atoms with E-state index in [1.54, 1.807) is 4.68 Å². The van der Waals surface area contributed by atoms with Crippen LogP contribution in [0, 0.1) is 0 Å². The number of carbonyl (C=O) groups excluding carboxylic acids is 1. The number of nitrogens with zero attached hydrogens (tertiary/aromatic N) is 5. The first-order valence-corrected chi connectivity index (χ1v) is 11.0. The van der Waals surface area contributed by atoms with Gasteiger partial charge in [0, 0.05) is 6.04 Å². The molecule has 5 rings (SSSR count). The minimum Gasteiger partial charge on any atom is -0.352 e. The van der Waals surface area contributed by atoms with Gasteiger partial charge in [-0.3, -0.25) is 9.69 Å². The summed E-state index contributed by atoms with van der Waals surface area (Å²) in [4.78, 5) is 14.9.